The fourth-order valence-corrected chi connectivity index (χ4v) is 5.37. The molecule has 4 heterocycles. The van der Waals surface area contributed by atoms with Gasteiger partial charge in [-0.1, -0.05) is 0 Å². The lowest BCUT2D eigenvalue weighted by Gasteiger charge is -2.41. The van der Waals surface area contributed by atoms with Crippen LogP contribution < -0.4 is 0 Å². The van der Waals surface area contributed by atoms with Crippen LogP contribution in [0.25, 0.3) is 0 Å². The summed E-state index contributed by atoms with van der Waals surface area (Å²) in [6.07, 6.45) is -0.112. The first-order valence-corrected chi connectivity index (χ1v) is 10.2. The van der Waals surface area contributed by atoms with Crippen LogP contribution in [0.5, 0.6) is 0 Å². The van der Waals surface area contributed by atoms with Crippen molar-refractivity contribution in [3.63, 3.8) is 0 Å². The van der Waals surface area contributed by atoms with Crippen molar-refractivity contribution in [3.05, 3.63) is 0 Å². The molecule has 0 N–H and O–H groups in total. The Bertz CT molecular complexity index is 252. The SMILES string of the molecule is C1CSC[C@H]2OC[C@H]3O[C@@H](CSCCS1)OC[C@H]3O2. The van der Waals surface area contributed by atoms with E-state index in [2.05, 4.69) is 0 Å². The fourth-order valence-electron chi connectivity index (χ4n) is 2.21. The first-order valence-electron chi connectivity index (χ1n) is 6.69. The number of hydrogen-bond donors (Lipinski definition) is 0. The van der Waals surface area contributed by atoms with E-state index < -0.39 is 0 Å². The Morgan fingerprint density at radius 2 is 1.11 bits per heavy atom. The lowest BCUT2D eigenvalue weighted by atomic mass is 10.2. The molecule has 0 aliphatic carbocycles. The molecule has 4 rings (SSSR count). The highest BCUT2D eigenvalue weighted by atomic mass is 32.2. The third kappa shape index (κ3) is 4.43. The standard InChI is InChI=1S/C12H20O4S3/c1-3-18-7-11-13-5-10-9(15-11)6-14-12(16-10)8-19-4-2-17-1/h9-12H,1-8H2/t9-,10-,11+,12+/m1/s1. The molecule has 4 nitrogen and oxygen atoms in total. The van der Waals surface area contributed by atoms with Crippen LogP contribution >= 0.6 is 35.3 Å². The molecule has 4 bridgehead atoms. The minimum atomic E-state index is -0.0977. The van der Waals surface area contributed by atoms with Crippen LogP contribution in [0.4, 0.5) is 0 Å². The molecule has 0 aromatic carbocycles. The predicted molar refractivity (Wildman–Crippen MR) is 81.2 cm³/mol. The maximum absolute atomic E-state index is 5.91. The molecule has 0 saturated carbocycles. The molecule has 4 aliphatic heterocycles. The smallest absolute Gasteiger partial charge is 0.167 e. The van der Waals surface area contributed by atoms with Gasteiger partial charge >= 0.3 is 0 Å². The normalized spacial score (nSPS) is 41.7. The van der Waals surface area contributed by atoms with Crippen LogP contribution in [0, 0.1) is 0 Å². The van der Waals surface area contributed by atoms with Gasteiger partial charge in [0.2, 0.25) is 0 Å². The molecule has 0 unspecified atom stereocenters. The Morgan fingerprint density at radius 1 is 0.632 bits per heavy atom. The number of rotatable bonds is 0. The van der Waals surface area contributed by atoms with Crippen LogP contribution in [0.3, 0.4) is 0 Å². The van der Waals surface area contributed by atoms with E-state index in [1.54, 1.807) is 0 Å². The summed E-state index contributed by atoms with van der Waals surface area (Å²) in [5, 5.41) is 0. The topological polar surface area (TPSA) is 36.9 Å². The van der Waals surface area contributed by atoms with Crippen molar-refractivity contribution in [1.82, 2.24) is 0 Å². The molecular weight excluding hydrogens is 304 g/mol. The number of thioether (sulfide) groups is 3. The van der Waals surface area contributed by atoms with Gasteiger partial charge in [-0.05, 0) is 0 Å². The number of hydrogen-bond acceptors (Lipinski definition) is 7. The molecule has 4 aliphatic rings. The highest BCUT2D eigenvalue weighted by Gasteiger charge is 2.38. The average Bonchev–Trinajstić information content (AvgIpc) is 2.46. The van der Waals surface area contributed by atoms with Gasteiger partial charge in [0.1, 0.15) is 12.2 Å². The van der Waals surface area contributed by atoms with Crippen LogP contribution in [0.1, 0.15) is 0 Å². The van der Waals surface area contributed by atoms with E-state index >= 15 is 0 Å². The van der Waals surface area contributed by atoms with Crippen molar-refractivity contribution in [2.75, 3.05) is 47.7 Å². The van der Waals surface area contributed by atoms with Crippen LogP contribution in [0.2, 0.25) is 0 Å². The van der Waals surface area contributed by atoms with E-state index in [-0.39, 0.29) is 24.8 Å². The van der Waals surface area contributed by atoms with Crippen molar-refractivity contribution in [3.8, 4) is 0 Å². The van der Waals surface area contributed by atoms with Crippen LogP contribution in [-0.2, 0) is 18.9 Å². The summed E-state index contributed by atoms with van der Waals surface area (Å²) in [4.78, 5) is 0. The maximum Gasteiger partial charge on any atom is 0.167 e. The molecule has 0 spiro atoms. The van der Waals surface area contributed by atoms with E-state index in [0.29, 0.717) is 13.2 Å². The van der Waals surface area contributed by atoms with E-state index in [9.17, 15) is 0 Å². The minimum Gasteiger partial charge on any atom is -0.349 e. The second-order valence-electron chi connectivity index (χ2n) is 4.64. The van der Waals surface area contributed by atoms with Gasteiger partial charge in [0.15, 0.2) is 12.6 Å². The summed E-state index contributed by atoms with van der Waals surface area (Å²) in [5.41, 5.74) is 0. The van der Waals surface area contributed by atoms with Gasteiger partial charge < -0.3 is 18.9 Å². The van der Waals surface area contributed by atoms with Crippen molar-refractivity contribution in [2.24, 2.45) is 0 Å². The molecule has 4 atom stereocenters. The molecular formula is C12H20O4S3. The van der Waals surface area contributed by atoms with Gasteiger partial charge in [0, 0.05) is 34.5 Å². The quantitative estimate of drug-likeness (QED) is 0.671. The highest BCUT2D eigenvalue weighted by molar-refractivity contribution is 8.04. The number of fused-ring (bicyclic) bond motifs is 10. The maximum atomic E-state index is 5.91. The van der Waals surface area contributed by atoms with E-state index in [0.717, 1.165) is 11.5 Å². The van der Waals surface area contributed by atoms with Crippen molar-refractivity contribution < 1.29 is 18.9 Å². The Balaban J connectivity index is 1.57. The second kappa shape index (κ2) is 7.77. The molecule has 4 saturated heterocycles. The summed E-state index contributed by atoms with van der Waals surface area (Å²) >= 11 is 5.84. The summed E-state index contributed by atoms with van der Waals surface area (Å²) in [7, 11) is 0. The van der Waals surface area contributed by atoms with Gasteiger partial charge in [-0.3, -0.25) is 0 Å². The zero-order chi connectivity index (χ0) is 12.9. The van der Waals surface area contributed by atoms with Gasteiger partial charge in [-0.25, -0.2) is 0 Å². The highest BCUT2D eigenvalue weighted by Crippen LogP contribution is 2.26. The average molecular weight is 324 g/mol. The Labute approximate surface area is 127 Å². The monoisotopic (exact) mass is 324 g/mol. The van der Waals surface area contributed by atoms with Gasteiger partial charge in [0.25, 0.3) is 0 Å². The van der Waals surface area contributed by atoms with E-state index in [1.165, 1.54) is 23.0 Å². The predicted octanol–water partition coefficient (Wildman–Crippen LogP) is 1.68. The molecule has 19 heavy (non-hydrogen) atoms. The Kier molecular flexibility index (Phi) is 6.06. The first-order chi connectivity index (χ1) is 9.42. The molecule has 0 aromatic rings. The molecule has 0 radical (unpaired) electrons. The van der Waals surface area contributed by atoms with Gasteiger partial charge in [-0.15, -0.1) is 0 Å². The summed E-state index contributed by atoms with van der Waals surface area (Å²) < 4.78 is 23.3. The Hall–Kier alpha value is 0.890. The summed E-state index contributed by atoms with van der Waals surface area (Å²) in [6, 6.07) is 0. The lowest BCUT2D eigenvalue weighted by Crippen LogP contribution is -2.54. The van der Waals surface area contributed by atoms with E-state index in [1.807, 2.05) is 35.3 Å². The third-order valence-corrected chi connectivity index (χ3v) is 6.72. The van der Waals surface area contributed by atoms with Crippen molar-refractivity contribution in [2.45, 2.75) is 24.8 Å². The van der Waals surface area contributed by atoms with Gasteiger partial charge in [0.05, 0.1) is 13.2 Å². The van der Waals surface area contributed by atoms with Crippen LogP contribution in [0.15, 0.2) is 0 Å². The van der Waals surface area contributed by atoms with E-state index in [4.69, 9.17) is 18.9 Å². The molecule has 110 valence electrons. The lowest BCUT2D eigenvalue weighted by molar-refractivity contribution is -0.326. The second-order valence-corrected chi connectivity index (χ2v) is 8.16. The zero-order valence-electron chi connectivity index (χ0n) is 10.8. The largest absolute Gasteiger partial charge is 0.349 e. The molecule has 4 fully saturated rings. The molecule has 0 amide bonds. The first kappa shape index (κ1) is 14.8. The van der Waals surface area contributed by atoms with Crippen molar-refractivity contribution >= 4 is 35.3 Å². The number of ether oxygens (including phenoxy) is 4. The van der Waals surface area contributed by atoms with Crippen LogP contribution in [-0.4, -0.2) is 72.5 Å². The zero-order valence-corrected chi connectivity index (χ0v) is 13.3. The van der Waals surface area contributed by atoms with Crippen molar-refractivity contribution in [1.29, 1.82) is 0 Å². The Morgan fingerprint density at radius 3 is 1.63 bits per heavy atom. The summed E-state index contributed by atoms with van der Waals surface area (Å²) in [6.45, 7) is 1.27. The summed E-state index contributed by atoms with van der Waals surface area (Å²) in [5.74, 6) is 6.56. The third-order valence-electron chi connectivity index (χ3n) is 3.21. The van der Waals surface area contributed by atoms with Gasteiger partial charge in [-0.2, -0.15) is 35.3 Å². The minimum absolute atomic E-state index is 0.0418. The molecule has 0 aromatic heterocycles. The molecule has 7 heteroatoms. The fraction of sp³-hybridized carbons (Fsp3) is 1.00.